The molecule has 2 N–H and O–H groups in total. The quantitative estimate of drug-likeness (QED) is 0.802. The second-order valence-corrected chi connectivity index (χ2v) is 5.36. The lowest BCUT2D eigenvalue weighted by atomic mass is 9.96. The van der Waals surface area contributed by atoms with E-state index in [0.29, 0.717) is 18.2 Å². The lowest BCUT2D eigenvalue weighted by Gasteiger charge is -2.33. The normalized spacial score (nSPS) is 24.8. The van der Waals surface area contributed by atoms with Crippen molar-refractivity contribution in [3.8, 4) is 0 Å². The molecule has 0 radical (unpaired) electrons. The highest BCUT2D eigenvalue weighted by molar-refractivity contribution is 7.13. The average Bonchev–Trinajstić information content (AvgIpc) is 2.68. The average molecular weight is 255 g/mol. The Morgan fingerprint density at radius 2 is 2.47 bits per heavy atom. The van der Waals surface area contributed by atoms with Crippen LogP contribution in [0.2, 0.25) is 0 Å². The maximum Gasteiger partial charge on any atom is 0.323 e. The molecule has 0 saturated carbocycles. The van der Waals surface area contributed by atoms with Gasteiger partial charge in [-0.3, -0.25) is 5.32 Å². The Hall–Kier alpha value is -1.14. The molecule has 5 nitrogen and oxygen atoms in total. The van der Waals surface area contributed by atoms with Gasteiger partial charge in [0, 0.05) is 18.5 Å². The highest BCUT2D eigenvalue weighted by Crippen LogP contribution is 2.19. The van der Waals surface area contributed by atoms with E-state index in [1.54, 1.807) is 4.90 Å². The van der Waals surface area contributed by atoms with Gasteiger partial charge in [-0.05, 0) is 19.3 Å². The topological polar surface area (TPSA) is 65.5 Å². The van der Waals surface area contributed by atoms with Crippen molar-refractivity contribution in [1.29, 1.82) is 0 Å². The predicted octanol–water partition coefficient (Wildman–Crippen LogP) is 1.69. The number of thiazole rings is 1. The van der Waals surface area contributed by atoms with E-state index in [2.05, 4.69) is 10.3 Å². The molecule has 0 aromatic carbocycles. The fraction of sp³-hybridized carbons (Fsp3) is 0.636. The van der Waals surface area contributed by atoms with E-state index in [1.807, 2.05) is 19.2 Å². The Bertz CT molecular complexity index is 407. The first kappa shape index (κ1) is 12.3. The van der Waals surface area contributed by atoms with Gasteiger partial charge in [-0.2, -0.15) is 0 Å². The highest BCUT2D eigenvalue weighted by Gasteiger charge is 2.27. The third-order valence-corrected chi connectivity index (χ3v) is 3.91. The molecule has 1 aliphatic heterocycles. The second-order valence-electron chi connectivity index (χ2n) is 4.50. The van der Waals surface area contributed by atoms with Crippen LogP contribution in [-0.4, -0.2) is 40.2 Å². The Labute approximate surface area is 104 Å². The molecule has 2 amide bonds. The predicted molar refractivity (Wildman–Crippen MR) is 67.2 cm³/mol. The fourth-order valence-corrected chi connectivity index (χ4v) is 2.49. The summed E-state index contributed by atoms with van der Waals surface area (Å²) < 4.78 is 0. The number of carbonyl (C=O) groups excluding carboxylic acids is 1. The van der Waals surface area contributed by atoms with Crippen molar-refractivity contribution in [3.63, 3.8) is 0 Å². The van der Waals surface area contributed by atoms with Crippen LogP contribution in [0.3, 0.4) is 0 Å². The zero-order chi connectivity index (χ0) is 12.4. The minimum absolute atomic E-state index is 0.176. The first-order chi connectivity index (χ1) is 8.06. The summed E-state index contributed by atoms with van der Waals surface area (Å²) in [6.45, 7) is 4.98. The van der Waals surface area contributed by atoms with Gasteiger partial charge in [0.1, 0.15) is 0 Å². The Morgan fingerprint density at radius 3 is 3.06 bits per heavy atom. The van der Waals surface area contributed by atoms with Crippen LogP contribution in [0.15, 0.2) is 5.38 Å². The van der Waals surface area contributed by atoms with Crippen LogP contribution in [0.25, 0.3) is 0 Å². The molecule has 0 spiro atoms. The van der Waals surface area contributed by atoms with Gasteiger partial charge >= 0.3 is 6.03 Å². The number of aryl methyl sites for hydroxylation is 1. The van der Waals surface area contributed by atoms with Gasteiger partial charge < -0.3 is 10.0 Å². The largest absolute Gasteiger partial charge is 0.391 e. The van der Waals surface area contributed by atoms with Crippen molar-refractivity contribution in [2.24, 2.45) is 5.92 Å². The first-order valence-corrected chi connectivity index (χ1v) is 6.60. The molecule has 1 fully saturated rings. The number of aromatic nitrogens is 1. The number of aliphatic hydroxyl groups excluding tert-OH is 1. The number of piperidine rings is 1. The van der Waals surface area contributed by atoms with Crippen molar-refractivity contribution in [2.45, 2.75) is 26.4 Å². The Balaban J connectivity index is 1.92. The van der Waals surface area contributed by atoms with E-state index in [4.69, 9.17) is 0 Å². The van der Waals surface area contributed by atoms with Gasteiger partial charge in [-0.25, -0.2) is 9.78 Å². The maximum atomic E-state index is 11.9. The van der Waals surface area contributed by atoms with Gasteiger partial charge in [0.05, 0.1) is 11.8 Å². The molecule has 17 heavy (non-hydrogen) atoms. The molecular formula is C11H17N3O2S. The first-order valence-electron chi connectivity index (χ1n) is 5.72. The summed E-state index contributed by atoms with van der Waals surface area (Å²) in [5.41, 5.74) is 0.901. The molecule has 1 aliphatic rings. The molecule has 94 valence electrons. The third-order valence-electron chi connectivity index (χ3n) is 3.04. The number of rotatable bonds is 1. The van der Waals surface area contributed by atoms with Crippen molar-refractivity contribution in [1.82, 2.24) is 9.88 Å². The van der Waals surface area contributed by atoms with Crippen molar-refractivity contribution in [2.75, 3.05) is 18.4 Å². The number of nitrogens with zero attached hydrogens (tertiary/aromatic N) is 2. The molecule has 0 bridgehead atoms. The molecule has 2 rings (SSSR count). The summed E-state index contributed by atoms with van der Waals surface area (Å²) >= 11 is 1.41. The molecule has 2 heterocycles. The number of carbonyl (C=O) groups is 1. The van der Waals surface area contributed by atoms with Crippen LogP contribution in [-0.2, 0) is 0 Å². The summed E-state index contributed by atoms with van der Waals surface area (Å²) in [4.78, 5) is 17.7. The van der Waals surface area contributed by atoms with Crippen LogP contribution in [0, 0.1) is 12.8 Å². The van der Waals surface area contributed by atoms with Crippen LogP contribution >= 0.6 is 11.3 Å². The van der Waals surface area contributed by atoms with E-state index in [0.717, 1.165) is 12.1 Å². The molecule has 6 heteroatoms. The smallest absolute Gasteiger partial charge is 0.323 e. The molecule has 0 aliphatic carbocycles. The number of aliphatic hydroxyl groups is 1. The summed E-state index contributed by atoms with van der Waals surface area (Å²) in [6, 6.07) is -0.176. The Morgan fingerprint density at radius 1 is 1.71 bits per heavy atom. The van der Waals surface area contributed by atoms with Gasteiger partial charge in [-0.15, -0.1) is 11.3 Å². The minimum atomic E-state index is -0.424. The number of anilines is 1. The maximum absolute atomic E-state index is 11.9. The van der Waals surface area contributed by atoms with Crippen LogP contribution < -0.4 is 5.32 Å². The van der Waals surface area contributed by atoms with Gasteiger partial charge in [0.2, 0.25) is 0 Å². The number of hydrogen-bond donors (Lipinski definition) is 2. The van der Waals surface area contributed by atoms with E-state index in [-0.39, 0.29) is 11.9 Å². The summed E-state index contributed by atoms with van der Waals surface area (Å²) in [7, 11) is 0. The fourth-order valence-electron chi connectivity index (χ4n) is 1.82. The van der Waals surface area contributed by atoms with Crippen LogP contribution in [0.5, 0.6) is 0 Å². The van der Waals surface area contributed by atoms with Gasteiger partial charge in [0.25, 0.3) is 0 Å². The van der Waals surface area contributed by atoms with Gasteiger partial charge in [0.15, 0.2) is 5.13 Å². The molecular weight excluding hydrogens is 238 g/mol. The number of amides is 2. The Kier molecular flexibility index (Phi) is 3.63. The third kappa shape index (κ3) is 2.95. The van der Waals surface area contributed by atoms with Crippen LogP contribution in [0.1, 0.15) is 19.0 Å². The van der Waals surface area contributed by atoms with E-state index < -0.39 is 6.10 Å². The zero-order valence-corrected chi connectivity index (χ0v) is 10.8. The lowest BCUT2D eigenvalue weighted by Crippen LogP contribution is -2.47. The molecule has 2 atom stereocenters. The van der Waals surface area contributed by atoms with E-state index >= 15 is 0 Å². The SMILES string of the molecule is Cc1csc(NC(=O)N2CCC(C)C(O)C2)n1. The second kappa shape index (κ2) is 5.01. The molecule has 1 aromatic heterocycles. The summed E-state index contributed by atoms with van der Waals surface area (Å²) in [6.07, 6.45) is 0.415. The minimum Gasteiger partial charge on any atom is -0.391 e. The number of nitrogens with one attached hydrogen (secondary N) is 1. The van der Waals surface area contributed by atoms with E-state index in [9.17, 15) is 9.90 Å². The van der Waals surface area contributed by atoms with Crippen molar-refractivity contribution < 1.29 is 9.90 Å². The zero-order valence-electron chi connectivity index (χ0n) is 10.0. The molecule has 2 unspecified atom stereocenters. The van der Waals surface area contributed by atoms with Crippen molar-refractivity contribution in [3.05, 3.63) is 11.1 Å². The lowest BCUT2D eigenvalue weighted by molar-refractivity contribution is 0.0464. The number of hydrogen-bond acceptors (Lipinski definition) is 4. The standard InChI is InChI=1S/C11H17N3O2S/c1-7-3-4-14(5-9(7)15)11(16)13-10-12-8(2)6-17-10/h6-7,9,15H,3-5H2,1-2H3,(H,12,13,16). The number of urea groups is 1. The van der Waals surface area contributed by atoms with E-state index in [1.165, 1.54) is 11.3 Å². The number of likely N-dealkylation sites (tertiary alicyclic amines) is 1. The number of β-amino-alcohol motifs (C(OH)–C–C–N with tert-alkyl or cyclic N) is 1. The monoisotopic (exact) mass is 255 g/mol. The summed E-state index contributed by atoms with van der Waals surface area (Å²) in [5, 5.41) is 15.0. The van der Waals surface area contributed by atoms with Gasteiger partial charge in [-0.1, -0.05) is 6.92 Å². The molecule has 1 saturated heterocycles. The molecule has 1 aromatic rings. The summed E-state index contributed by atoms with van der Waals surface area (Å²) in [5.74, 6) is 0.265. The van der Waals surface area contributed by atoms with Crippen molar-refractivity contribution >= 4 is 22.5 Å². The highest BCUT2D eigenvalue weighted by atomic mass is 32.1. The van der Waals surface area contributed by atoms with Crippen LogP contribution in [0.4, 0.5) is 9.93 Å².